The van der Waals surface area contributed by atoms with Gasteiger partial charge in [0, 0.05) is 0 Å². The van der Waals surface area contributed by atoms with E-state index in [1.54, 1.807) is 6.08 Å². The van der Waals surface area contributed by atoms with E-state index in [0.717, 1.165) is 0 Å². The largest absolute Gasteiger partial charge is 0.478 e. The van der Waals surface area contributed by atoms with Gasteiger partial charge in [-0.15, -0.1) is 0 Å². The summed E-state index contributed by atoms with van der Waals surface area (Å²) in [5.41, 5.74) is 0.485. The summed E-state index contributed by atoms with van der Waals surface area (Å²) >= 11 is 0. The number of hydrogen-bond donors (Lipinski definition) is 1. The molecule has 0 aliphatic heterocycles. The third kappa shape index (κ3) is 3.50. The number of carboxylic acids is 1. The Kier molecular flexibility index (Phi) is 3.48. The van der Waals surface area contributed by atoms with E-state index in [4.69, 9.17) is 5.11 Å². The summed E-state index contributed by atoms with van der Waals surface area (Å²) in [5.74, 6) is -1.37. The SMILES string of the molecule is CC(C)(C)/C=C(/C(=O)O)c1ccc(F)cc1. The molecule has 1 aromatic rings. The van der Waals surface area contributed by atoms with Crippen LogP contribution in [0.2, 0.25) is 0 Å². The third-order valence-electron chi connectivity index (χ3n) is 1.96. The highest BCUT2D eigenvalue weighted by Crippen LogP contribution is 2.24. The first kappa shape index (κ1) is 12.4. The molecule has 0 unspecified atom stereocenters. The predicted molar refractivity (Wildman–Crippen MR) is 61.5 cm³/mol. The van der Waals surface area contributed by atoms with E-state index in [-0.39, 0.29) is 16.8 Å². The molecule has 0 saturated carbocycles. The van der Waals surface area contributed by atoms with E-state index in [1.807, 2.05) is 20.8 Å². The zero-order valence-corrected chi connectivity index (χ0v) is 9.62. The number of carboxylic acid groups (broad SMARTS) is 1. The highest BCUT2D eigenvalue weighted by atomic mass is 19.1. The van der Waals surface area contributed by atoms with Crippen LogP contribution in [0.5, 0.6) is 0 Å². The van der Waals surface area contributed by atoms with Crippen molar-refractivity contribution < 1.29 is 14.3 Å². The summed E-state index contributed by atoms with van der Waals surface area (Å²) in [4.78, 5) is 11.1. The van der Waals surface area contributed by atoms with E-state index in [2.05, 4.69) is 0 Å². The van der Waals surface area contributed by atoms with Gasteiger partial charge in [-0.2, -0.15) is 0 Å². The smallest absolute Gasteiger partial charge is 0.335 e. The zero-order valence-electron chi connectivity index (χ0n) is 9.62. The Morgan fingerprint density at radius 1 is 1.25 bits per heavy atom. The van der Waals surface area contributed by atoms with Gasteiger partial charge in [0.05, 0.1) is 5.57 Å². The molecule has 0 aromatic heterocycles. The van der Waals surface area contributed by atoms with Gasteiger partial charge < -0.3 is 5.11 Å². The van der Waals surface area contributed by atoms with Gasteiger partial charge in [0.1, 0.15) is 5.82 Å². The lowest BCUT2D eigenvalue weighted by atomic mass is 9.91. The summed E-state index contributed by atoms with van der Waals surface area (Å²) in [6.07, 6.45) is 1.67. The van der Waals surface area contributed by atoms with Crippen molar-refractivity contribution in [3.05, 3.63) is 41.7 Å². The Morgan fingerprint density at radius 3 is 2.12 bits per heavy atom. The van der Waals surface area contributed by atoms with Crippen LogP contribution in [0.4, 0.5) is 4.39 Å². The molecule has 1 aromatic carbocycles. The zero-order chi connectivity index (χ0) is 12.3. The number of carbonyl (C=O) groups is 1. The van der Waals surface area contributed by atoms with Crippen molar-refractivity contribution in [2.45, 2.75) is 20.8 Å². The molecular weight excluding hydrogens is 207 g/mol. The quantitative estimate of drug-likeness (QED) is 0.779. The van der Waals surface area contributed by atoms with E-state index < -0.39 is 5.97 Å². The molecule has 0 bridgehead atoms. The van der Waals surface area contributed by atoms with E-state index in [0.29, 0.717) is 5.56 Å². The van der Waals surface area contributed by atoms with Crippen LogP contribution in [0, 0.1) is 11.2 Å². The van der Waals surface area contributed by atoms with Gasteiger partial charge in [0.2, 0.25) is 0 Å². The van der Waals surface area contributed by atoms with Gasteiger partial charge in [0.15, 0.2) is 0 Å². The molecule has 0 spiro atoms. The van der Waals surface area contributed by atoms with Crippen LogP contribution in [-0.2, 0) is 4.79 Å². The van der Waals surface area contributed by atoms with Crippen molar-refractivity contribution in [3.8, 4) is 0 Å². The second-order valence-corrected chi connectivity index (χ2v) is 4.74. The summed E-state index contributed by atoms with van der Waals surface area (Å²) in [7, 11) is 0. The van der Waals surface area contributed by atoms with Gasteiger partial charge in [-0.05, 0) is 23.1 Å². The topological polar surface area (TPSA) is 37.3 Å². The molecule has 86 valence electrons. The number of aliphatic carboxylic acids is 1. The average Bonchev–Trinajstić information content (AvgIpc) is 2.14. The molecule has 16 heavy (non-hydrogen) atoms. The Balaban J connectivity index is 3.19. The monoisotopic (exact) mass is 222 g/mol. The highest BCUT2D eigenvalue weighted by Gasteiger charge is 2.15. The van der Waals surface area contributed by atoms with E-state index >= 15 is 0 Å². The number of allylic oxidation sites excluding steroid dienone is 1. The maximum absolute atomic E-state index is 12.7. The van der Waals surface area contributed by atoms with Crippen LogP contribution in [-0.4, -0.2) is 11.1 Å². The van der Waals surface area contributed by atoms with E-state index in [1.165, 1.54) is 24.3 Å². The molecule has 0 radical (unpaired) electrons. The van der Waals surface area contributed by atoms with Crippen molar-refractivity contribution in [2.24, 2.45) is 5.41 Å². The van der Waals surface area contributed by atoms with Crippen LogP contribution < -0.4 is 0 Å². The minimum absolute atomic E-state index is 0.201. The molecule has 2 nitrogen and oxygen atoms in total. The van der Waals surface area contributed by atoms with E-state index in [9.17, 15) is 9.18 Å². The number of halogens is 1. The predicted octanol–water partition coefficient (Wildman–Crippen LogP) is 3.34. The van der Waals surface area contributed by atoms with Crippen molar-refractivity contribution in [3.63, 3.8) is 0 Å². The van der Waals surface area contributed by atoms with Gasteiger partial charge in [-0.1, -0.05) is 39.0 Å². The van der Waals surface area contributed by atoms with Crippen molar-refractivity contribution in [1.82, 2.24) is 0 Å². The Hall–Kier alpha value is -1.64. The number of rotatable bonds is 2. The van der Waals surface area contributed by atoms with Crippen LogP contribution in [0.25, 0.3) is 5.57 Å². The van der Waals surface area contributed by atoms with Crippen molar-refractivity contribution >= 4 is 11.5 Å². The molecule has 0 aliphatic carbocycles. The molecule has 0 saturated heterocycles. The lowest BCUT2D eigenvalue weighted by Crippen LogP contribution is -2.07. The first-order chi connectivity index (χ1) is 7.29. The molecular formula is C13H15FO2. The molecule has 3 heteroatoms. The van der Waals surface area contributed by atoms with Crippen LogP contribution >= 0.6 is 0 Å². The molecule has 1 rings (SSSR count). The minimum Gasteiger partial charge on any atom is -0.478 e. The third-order valence-corrected chi connectivity index (χ3v) is 1.96. The molecule has 0 fully saturated rings. The van der Waals surface area contributed by atoms with Crippen LogP contribution in [0.1, 0.15) is 26.3 Å². The van der Waals surface area contributed by atoms with Gasteiger partial charge in [0.25, 0.3) is 0 Å². The molecule has 1 N–H and O–H groups in total. The van der Waals surface area contributed by atoms with Crippen LogP contribution in [0.15, 0.2) is 30.3 Å². The Morgan fingerprint density at radius 2 is 1.75 bits per heavy atom. The summed E-state index contributed by atoms with van der Waals surface area (Å²) < 4.78 is 12.7. The summed E-state index contributed by atoms with van der Waals surface area (Å²) in [6.45, 7) is 5.75. The van der Waals surface area contributed by atoms with Crippen molar-refractivity contribution in [1.29, 1.82) is 0 Å². The number of hydrogen-bond acceptors (Lipinski definition) is 1. The standard InChI is InChI=1S/C13H15FO2/c1-13(2,3)8-11(12(15)16)9-4-6-10(14)7-5-9/h4-8H,1-3H3,(H,15,16)/b11-8+. The fraction of sp³-hybridized carbons (Fsp3) is 0.308. The fourth-order valence-corrected chi connectivity index (χ4v) is 1.33. The van der Waals surface area contributed by atoms with Crippen LogP contribution in [0.3, 0.4) is 0 Å². The molecule has 0 atom stereocenters. The summed E-state index contributed by atoms with van der Waals surface area (Å²) in [5, 5.41) is 9.10. The Labute approximate surface area is 94.4 Å². The first-order valence-electron chi connectivity index (χ1n) is 5.02. The fourth-order valence-electron chi connectivity index (χ4n) is 1.33. The first-order valence-corrected chi connectivity index (χ1v) is 5.02. The average molecular weight is 222 g/mol. The minimum atomic E-state index is -0.999. The summed E-state index contributed by atoms with van der Waals surface area (Å²) in [6, 6.07) is 5.46. The highest BCUT2D eigenvalue weighted by molar-refractivity contribution is 6.15. The van der Waals surface area contributed by atoms with Gasteiger partial charge in [-0.3, -0.25) is 0 Å². The Bertz CT molecular complexity index is 411. The second kappa shape index (κ2) is 4.47. The van der Waals surface area contributed by atoms with Crippen molar-refractivity contribution in [2.75, 3.05) is 0 Å². The normalized spacial score (nSPS) is 12.6. The lowest BCUT2D eigenvalue weighted by Gasteiger charge is -2.14. The van der Waals surface area contributed by atoms with Gasteiger partial charge >= 0.3 is 5.97 Å². The van der Waals surface area contributed by atoms with Gasteiger partial charge in [-0.25, -0.2) is 9.18 Å². The second-order valence-electron chi connectivity index (χ2n) is 4.74. The molecule has 0 amide bonds. The number of benzene rings is 1. The molecule has 0 heterocycles. The lowest BCUT2D eigenvalue weighted by molar-refractivity contribution is -0.130. The molecule has 0 aliphatic rings. The maximum Gasteiger partial charge on any atom is 0.335 e. The maximum atomic E-state index is 12.7.